The molecule has 0 unspecified atom stereocenters. The van der Waals surface area contributed by atoms with E-state index >= 15 is 0 Å². The first kappa shape index (κ1) is 21.8. The molecule has 4 aromatic rings. The number of carbonyl (C=O) groups excluding carboxylic acids is 2. The van der Waals surface area contributed by atoms with Gasteiger partial charge in [0.15, 0.2) is 0 Å². The summed E-state index contributed by atoms with van der Waals surface area (Å²) in [7, 11) is 0. The van der Waals surface area contributed by atoms with Gasteiger partial charge in [-0.3, -0.25) is 9.59 Å². The van der Waals surface area contributed by atoms with Crippen LogP contribution in [0.15, 0.2) is 89.5 Å². The average molecular weight is 454 g/mol. The molecule has 2 amide bonds. The molecule has 1 atom stereocenters. The van der Waals surface area contributed by atoms with Gasteiger partial charge in [0, 0.05) is 13.1 Å². The van der Waals surface area contributed by atoms with Crippen LogP contribution >= 0.6 is 0 Å². The molecule has 0 aliphatic carbocycles. The molecule has 2 aromatic carbocycles. The average Bonchev–Trinajstić information content (AvgIpc) is 3.52. The Hall–Kier alpha value is -4.06. The number of carbonyl (C=O) groups is 2. The van der Waals surface area contributed by atoms with Crippen molar-refractivity contribution in [1.29, 1.82) is 0 Å². The van der Waals surface area contributed by atoms with Crippen LogP contribution in [0.5, 0.6) is 0 Å². The third-order valence-corrected chi connectivity index (χ3v) is 6.53. The van der Waals surface area contributed by atoms with Crippen LogP contribution < -0.4 is 5.32 Å². The second-order valence-electron chi connectivity index (χ2n) is 8.99. The molecule has 6 nitrogen and oxygen atoms in total. The fourth-order valence-electron chi connectivity index (χ4n) is 4.51. The number of aromatic nitrogens is 1. The highest BCUT2D eigenvalue weighted by atomic mass is 16.3. The molecule has 5 rings (SSSR count). The van der Waals surface area contributed by atoms with Gasteiger partial charge in [-0.05, 0) is 49.2 Å². The summed E-state index contributed by atoms with van der Waals surface area (Å²) in [5.74, 6) is 0.293. The number of rotatable bonds is 6. The van der Waals surface area contributed by atoms with Gasteiger partial charge in [0.2, 0.25) is 5.91 Å². The van der Waals surface area contributed by atoms with Crippen LogP contribution in [0.2, 0.25) is 0 Å². The summed E-state index contributed by atoms with van der Waals surface area (Å²) in [6.07, 6.45) is 1.61. The van der Waals surface area contributed by atoms with E-state index in [2.05, 4.69) is 5.32 Å². The first-order valence-electron chi connectivity index (χ1n) is 11.4. The Bertz CT molecular complexity index is 1310. The molecule has 0 saturated heterocycles. The van der Waals surface area contributed by atoms with Crippen molar-refractivity contribution >= 4 is 11.8 Å². The lowest BCUT2D eigenvalue weighted by Gasteiger charge is -2.44. The maximum Gasteiger partial charge on any atom is 0.271 e. The van der Waals surface area contributed by atoms with Crippen molar-refractivity contribution in [3.8, 4) is 11.5 Å². The lowest BCUT2D eigenvalue weighted by Crippen LogP contribution is -2.63. The topological polar surface area (TPSA) is 67.5 Å². The number of nitrogens with zero attached hydrogens (tertiary/aromatic N) is 2. The lowest BCUT2D eigenvalue weighted by atomic mass is 9.93. The van der Waals surface area contributed by atoms with Gasteiger partial charge in [0.05, 0.1) is 18.5 Å². The van der Waals surface area contributed by atoms with Gasteiger partial charge in [0.25, 0.3) is 5.91 Å². The molecule has 1 aliphatic rings. The molecule has 1 aliphatic heterocycles. The Morgan fingerprint density at radius 1 is 0.941 bits per heavy atom. The van der Waals surface area contributed by atoms with Gasteiger partial charge in [-0.2, -0.15) is 0 Å². The Balaban J connectivity index is 1.51. The third kappa shape index (κ3) is 3.92. The maximum atomic E-state index is 13.8. The maximum absolute atomic E-state index is 13.8. The molecule has 34 heavy (non-hydrogen) atoms. The number of hydrogen-bond acceptors (Lipinski definition) is 3. The summed E-state index contributed by atoms with van der Waals surface area (Å²) in [5, 5.41) is 3.06. The number of hydrogen-bond donors (Lipinski definition) is 1. The van der Waals surface area contributed by atoms with Gasteiger partial charge in [0.1, 0.15) is 17.0 Å². The summed E-state index contributed by atoms with van der Waals surface area (Å²) in [4.78, 5) is 29.1. The summed E-state index contributed by atoms with van der Waals surface area (Å²) >= 11 is 0. The van der Waals surface area contributed by atoms with E-state index in [-0.39, 0.29) is 11.8 Å². The molecule has 1 N–H and O–H groups in total. The van der Waals surface area contributed by atoms with E-state index in [0.29, 0.717) is 31.1 Å². The quantitative estimate of drug-likeness (QED) is 0.457. The molecular weight excluding hydrogens is 426 g/mol. The second kappa shape index (κ2) is 8.71. The first-order chi connectivity index (χ1) is 16.5. The van der Waals surface area contributed by atoms with Crippen molar-refractivity contribution in [2.24, 2.45) is 0 Å². The van der Waals surface area contributed by atoms with Gasteiger partial charge < -0.3 is 19.2 Å². The fraction of sp³-hybridized carbons (Fsp3) is 0.214. The summed E-state index contributed by atoms with van der Waals surface area (Å²) in [5.41, 5.74) is 3.37. The van der Waals surface area contributed by atoms with Crippen LogP contribution in [0.25, 0.3) is 11.5 Å². The van der Waals surface area contributed by atoms with Crippen molar-refractivity contribution in [3.63, 3.8) is 0 Å². The minimum atomic E-state index is -1.09. The SMILES string of the molecule is Cc1ccc(CN2C(=O)c3ccc(-c4ccco4)n3C[C@]2(C)C(=O)NCc2ccccc2)cc1. The van der Waals surface area contributed by atoms with E-state index in [1.54, 1.807) is 11.2 Å². The Morgan fingerprint density at radius 3 is 2.38 bits per heavy atom. The van der Waals surface area contributed by atoms with Gasteiger partial charge >= 0.3 is 0 Å². The highest BCUT2D eigenvalue weighted by Gasteiger charge is 2.47. The zero-order chi connectivity index (χ0) is 23.7. The van der Waals surface area contributed by atoms with E-state index in [4.69, 9.17) is 4.42 Å². The fourth-order valence-corrected chi connectivity index (χ4v) is 4.51. The Morgan fingerprint density at radius 2 is 1.68 bits per heavy atom. The number of nitrogens with one attached hydrogen (secondary N) is 1. The Kier molecular flexibility index (Phi) is 5.57. The molecule has 2 aromatic heterocycles. The van der Waals surface area contributed by atoms with E-state index in [0.717, 1.165) is 22.4 Å². The molecule has 0 fully saturated rings. The zero-order valence-corrected chi connectivity index (χ0v) is 19.3. The van der Waals surface area contributed by atoms with E-state index in [1.807, 2.05) is 97.3 Å². The normalized spacial score (nSPS) is 17.5. The predicted octanol–water partition coefficient (Wildman–Crippen LogP) is 4.79. The van der Waals surface area contributed by atoms with Crippen molar-refractivity contribution in [3.05, 3.63) is 108 Å². The molecule has 0 spiro atoms. The summed E-state index contributed by atoms with van der Waals surface area (Å²) < 4.78 is 7.50. The lowest BCUT2D eigenvalue weighted by molar-refractivity contribution is -0.133. The van der Waals surface area contributed by atoms with E-state index in [9.17, 15) is 9.59 Å². The van der Waals surface area contributed by atoms with Crippen LogP contribution in [0.3, 0.4) is 0 Å². The molecular formula is C28H27N3O3. The van der Waals surface area contributed by atoms with E-state index < -0.39 is 5.54 Å². The van der Waals surface area contributed by atoms with Crippen LogP contribution in [-0.4, -0.2) is 26.8 Å². The summed E-state index contributed by atoms with van der Waals surface area (Å²) in [6, 6.07) is 25.2. The third-order valence-electron chi connectivity index (χ3n) is 6.53. The standard InChI is InChI=1S/C28H27N3O3/c1-20-10-12-22(13-11-20)18-31-26(32)24-15-14-23(25-9-6-16-34-25)30(24)19-28(31,2)27(33)29-17-21-7-4-3-5-8-21/h3-16H,17-19H2,1-2H3,(H,29,33)/t28-/m1/s1. The number of furan rings is 1. The van der Waals surface area contributed by atoms with Gasteiger partial charge in [-0.25, -0.2) is 0 Å². The monoisotopic (exact) mass is 453 g/mol. The molecule has 6 heteroatoms. The molecule has 0 radical (unpaired) electrons. The van der Waals surface area contributed by atoms with Gasteiger partial charge in [-0.15, -0.1) is 0 Å². The van der Waals surface area contributed by atoms with Gasteiger partial charge in [-0.1, -0.05) is 60.2 Å². The minimum Gasteiger partial charge on any atom is -0.463 e. The minimum absolute atomic E-state index is 0.179. The molecule has 172 valence electrons. The van der Waals surface area contributed by atoms with Crippen LogP contribution in [-0.2, 0) is 24.4 Å². The van der Waals surface area contributed by atoms with Crippen LogP contribution in [0, 0.1) is 6.92 Å². The van der Waals surface area contributed by atoms with Crippen molar-refractivity contribution in [1.82, 2.24) is 14.8 Å². The van der Waals surface area contributed by atoms with Crippen LogP contribution in [0.4, 0.5) is 0 Å². The van der Waals surface area contributed by atoms with E-state index in [1.165, 1.54) is 0 Å². The number of aryl methyl sites for hydroxylation is 1. The molecule has 0 saturated carbocycles. The highest BCUT2D eigenvalue weighted by molar-refractivity contribution is 6.00. The smallest absolute Gasteiger partial charge is 0.271 e. The highest BCUT2D eigenvalue weighted by Crippen LogP contribution is 2.34. The van der Waals surface area contributed by atoms with Crippen molar-refractivity contribution in [2.45, 2.75) is 39.0 Å². The molecule has 3 heterocycles. The molecule has 0 bridgehead atoms. The first-order valence-corrected chi connectivity index (χ1v) is 11.4. The van der Waals surface area contributed by atoms with Crippen LogP contribution in [0.1, 0.15) is 34.1 Å². The van der Waals surface area contributed by atoms with Crippen molar-refractivity contribution < 1.29 is 14.0 Å². The number of benzene rings is 2. The number of amides is 2. The number of fused-ring (bicyclic) bond motifs is 1. The zero-order valence-electron chi connectivity index (χ0n) is 19.3. The van der Waals surface area contributed by atoms with Crippen molar-refractivity contribution in [2.75, 3.05) is 0 Å². The summed E-state index contributed by atoms with van der Waals surface area (Å²) in [6.45, 7) is 4.93. The predicted molar refractivity (Wildman–Crippen MR) is 130 cm³/mol. The second-order valence-corrected chi connectivity index (χ2v) is 8.99. The Labute approximate surface area is 198 Å². The largest absolute Gasteiger partial charge is 0.463 e.